The zero-order valence-electron chi connectivity index (χ0n) is 13.6. The number of hydrogen-bond acceptors (Lipinski definition) is 2. The molecule has 0 aromatic heterocycles. The van der Waals surface area contributed by atoms with E-state index in [1.54, 1.807) is 5.56 Å². The summed E-state index contributed by atoms with van der Waals surface area (Å²) in [5.74, 6) is 1.05. The van der Waals surface area contributed by atoms with E-state index in [4.69, 9.17) is 0 Å². The van der Waals surface area contributed by atoms with Crippen LogP contribution in [0.25, 0.3) is 0 Å². The molecular weight excluding hydrogens is 274 g/mol. The Hall–Kier alpha value is -0.630. The van der Waals surface area contributed by atoms with E-state index in [1.807, 2.05) is 0 Å². The Kier molecular flexibility index (Phi) is 7.49. The first-order valence-electron chi connectivity index (χ1n) is 8.76. The van der Waals surface area contributed by atoms with Gasteiger partial charge in [0, 0.05) is 18.8 Å². The van der Waals surface area contributed by atoms with Gasteiger partial charge in [0.15, 0.2) is 0 Å². The van der Waals surface area contributed by atoms with E-state index in [0.717, 1.165) is 5.75 Å². The van der Waals surface area contributed by atoms with Crippen molar-refractivity contribution < 1.29 is 0 Å². The maximum atomic E-state index is 4.26. The van der Waals surface area contributed by atoms with E-state index >= 15 is 0 Å². The smallest absolute Gasteiger partial charge is 0.0398 e. The first-order chi connectivity index (χ1) is 10.3. The zero-order chi connectivity index (χ0) is 14.9. The molecule has 0 fully saturated rings. The third kappa shape index (κ3) is 5.58. The highest BCUT2D eigenvalue weighted by Gasteiger charge is 2.15. The fourth-order valence-electron chi connectivity index (χ4n) is 3.33. The second-order valence-electron chi connectivity index (χ2n) is 6.42. The van der Waals surface area contributed by atoms with Gasteiger partial charge in [0.2, 0.25) is 0 Å². The normalized spacial score (nSPS) is 14.3. The predicted molar refractivity (Wildman–Crippen MR) is 97.9 cm³/mol. The molecule has 0 aliphatic carbocycles. The van der Waals surface area contributed by atoms with E-state index in [-0.39, 0.29) is 0 Å². The van der Waals surface area contributed by atoms with Crippen LogP contribution in [0.1, 0.15) is 62.5 Å². The van der Waals surface area contributed by atoms with E-state index in [2.05, 4.69) is 42.7 Å². The molecule has 21 heavy (non-hydrogen) atoms. The van der Waals surface area contributed by atoms with Gasteiger partial charge in [-0.25, -0.2) is 0 Å². The highest BCUT2D eigenvalue weighted by molar-refractivity contribution is 7.80. The number of hydrogen-bond donors (Lipinski definition) is 1. The van der Waals surface area contributed by atoms with Gasteiger partial charge in [-0.2, -0.15) is 12.6 Å². The lowest BCUT2D eigenvalue weighted by Crippen LogP contribution is -2.30. The van der Waals surface area contributed by atoms with Gasteiger partial charge < -0.3 is 4.90 Å². The molecule has 1 nitrogen and oxygen atoms in total. The van der Waals surface area contributed by atoms with Crippen LogP contribution in [0.5, 0.6) is 0 Å². The number of anilines is 1. The van der Waals surface area contributed by atoms with Crippen LogP contribution in [0.4, 0.5) is 5.69 Å². The fraction of sp³-hybridized carbons (Fsp3) is 0.684. The molecule has 1 aromatic rings. The molecule has 0 radical (unpaired) electrons. The van der Waals surface area contributed by atoms with Crippen LogP contribution in [0.15, 0.2) is 18.2 Å². The first-order valence-corrected chi connectivity index (χ1v) is 9.40. The van der Waals surface area contributed by atoms with E-state index in [0.29, 0.717) is 0 Å². The van der Waals surface area contributed by atoms with Crippen LogP contribution >= 0.6 is 12.6 Å². The summed E-state index contributed by atoms with van der Waals surface area (Å²) in [6.45, 7) is 4.69. The second-order valence-corrected chi connectivity index (χ2v) is 6.87. The number of fused-ring (bicyclic) bond motifs is 1. The van der Waals surface area contributed by atoms with Crippen molar-refractivity contribution in [3.05, 3.63) is 29.3 Å². The van der Waals surface area contributed by atoms with Crippen molar-refractivity contribution in [3.63, 3.8) is 0 Å². The summed E-state index contributed by atoms with van der Waals surface area (Å²) in [5, 5.41) is 0. The first kappa shape index (κ1) is 16.7. The largest absolute Gasteiger partial charge is 0.371 e. The topological polar surface area (TPSA) is 3.24 Å². The third-order valence-electron chi connectivity index (χ3n) is 4.54. The minimum Gasteiger partial charge on any atom is -0.371 e. The summed E-state index contributed by atoms with van der Waals surface area (Å²) >= 11 is 4.26. The maximum Gasteiger partial charge on any atom is 0.0398 e. The Bertz CT molecular complexity index is 416. The minimum atomic E-state index is 1.05. The molecule has 2 rings (SSSR count). The molecule has 0 unspecified atom stereocenters. The van der Waals surface area contributed by atoms with E-state index < -0.39 is 0 Å². The number of aryl methyl sites for hydroxylation is 2. The standard InChI is InChI=1S/C19H31NS/c1-17-11-12-19-18(16-17)10-9-14-20(19)13-7-5-3-2-4-6-8-15-21/h11-12,16,21H,2-10,13-15H2,1H3. The van der Waals surface area contributed by atoms with Crippen LogP contribution in [-0.2, 0) is 6.42 Å². The van der Waals surface area contributed by atoms with E-state index in [1.165, 1.54) is 82.1 Å². The summed E-state index contributed by atoms with van der Waals surface area (Å²) in [5.41, 5.74) is 4.46. The van der Waals surface area contributed by atoms with Gasteiger partial charge in [0.1, 0.15) is 0 Å². The fourth-order valence-corrected chi connectivity index (χ4v) is 3.56. The van der Waals surface area contributed by atoms with Gasteiger partial charge in [-0.1, -0.05) is 49.8 Å². The van der Waals surface area contributed by atoms with Gasteiger partial charge in [-0.05, 0) is 50.0 Å². The Morgan fingerprint density at radius 1 is 1.00 bits per heavy atom. The SMILES string of the molecule is Cc1ccc2c(c1)CCCN2CCCCCCCCCS. The third-order valence-corrected chi connectivity index (χ3v) is 4.85. The summed E-state index contributed by atoms with van der Waals surface area (Å²) in [6, 6.07) is 6.98. The lowest BCUT2D eigenvalue weighted by Gasteiger charge is -2.31. The number of benzene rings is 1. The van der Waals surface area contributed by atoms with Crippen molar-refractivity contribution in [1.29, 1.82) is 0 Å². The van der Waals surface area contributed by atoms with Crippen LogP contribution < -0.4 is 4.90 Å². The molecule has 0 N–H and O–H groups in total. The number of nitrogens with zero attached hydrogens (tertiary/aromatic N) is 1. The van der Waals surface area contributed by atoms with Gasteiger partial charge >= 0.3 is 0 Å². The van der Waals surface area contributed by atoms with Crippen molar-refractivity contribution in [3.8, 4) is 0 Å². The highest BCUT2D eigenvalue weighted by atomic mass is 32.1. The van der Waals surface area contributed by atoms with Crippen LogP contribution in [-0.4, -0.2) is 18.8 Å². The molecular formula is C19H31NS. The Morgan fingerprint density at radius 3 is 2.48 bits per heavy atom. The molecule has 2 heteroatoms. The Balaban J connectivity index is 1.66. The summed E-state index contributed by atoms with van der Waals surface area (Å²) < 4.78 is 0. The molecule has 0 amide bonds. The minimum absolute atomic E-state index is 1.05. The summed E-state index contributed by atoms with van der Waals surface area (Å²) in [6.07, 6.45) is 12.2. The van der Waals surface area contributed by atoms with Crippen molar-refractivity contribution in [2.24, 2.45) is 0 Å². The summed E-state index contributed by atoms with van der Waals surface area (Å²) in [4.78, 5) is 2.61. The average Bonchev–Trinajstić information content (AvgIpc) is 2.49. The Morgan fingerprint density at radius 2 is 1.71 bits per heavy atom. The molecule has 0 atom stereocenters. The monoisotopic (exact) mass is 305 g/mol. The molecule has 118 valence electrons. The van der Waals surface area contributed by atoms with Crippen LogP contribution in [0, 0.1) is 6.92 Å². The molecule has 0 saturated heterocycles. The van der Waals surface area contributed by atoms with Crippen LogP contribution in [0.2, 0.25) is 0 Å². The quantitative estimate of drug-likeness (QED) is 0.472. The van der Waals surface area contributed by atoms with Gasteiger partial charge in [-0.15, -0.1) is 0 Å². The average molecular weight is 306 g/mol. The Labute approximate surface area is 136 Å². The molecule has 1 aliphatic rings. The molecule has 1 aliphatic heterocycles. The molecule has 1 aromatic carbocycles. The lowest BCUT2D eigenvalue weighted by molar-refractivity contribution is 0.577. The van der Waals surface area contributed by atoms with Crippen molar-refractivity contribution in [2.45, 2.75) is 64.7 Å². The lowest BCUT2D eigenvalue weighted by atomic mass is 9.99. The predicted octanol–water partition coefficient (Wildman–Crippen LogP) is 5.41. The van der Waals surface area contributed by atoms with Gasteiger partial charge in [0.05, 0.1) is 0 Å². The maximum absolute atomic E-state index is 4.26. The van der Waals surface area contributed by atoms with Crippen molar-refractivity contribution in [2.75, 3.05) is 23.7 Å². The molecule has 0 bridgehead atoms. The number of rotatable bonds is 9. The summed E-state index contributed by atoms with van der Waals surface area (Å²) in [7, 11) is 0. The number of thiol groups is 1. The number of unbranched alkanes of at least 4 members (excludes halogenated alkanes) is 6. The molecule has 0 spiro atoms. The van der Waals surface area contributed by atoms with Gasteiger partial charge in [-0.3, -0.25) is 0 Å². The molecule has 0 saturated carbocycles. The van der Waals surface area contributed by atoms with Crippen LogP contribution in [0.3, 0.4) is 0 Å². The van der Waals surface area contributed by atoms with E-state index in [9.17, 15) is 0 Å². The van der Waals surface area contributed by atoms with Gasteiger partial charge in [0.25, 0.3) is 0 Å². The van der Waals surface area contributed by atoms with Crippen molar-refractivity contribution in [1.82, 2.24) is 0 Å². The van der Waals surface area contributed by atoms with Crippen molar-refractivity contribution >= 4 is 18.3 Å². The molecule has 1 heterocycles. The second kappa shape index (κ2) is 9.40. The zero-order valence-corrected chi connectivity index (χ0v) is 14.5. The highest BCUT2D eigenvalue weighted by Crippen LogP contribution is 2.28.